The maximum absolute atomic E-state index is 13.3. The topological polar surface area (TPSA) is 65.7 Å². The molecule has 1 heterocycles. The molecule has 1 aliphatic rings. The summed E-state index contributed by atoms with van der Waals surface area (Å²) in [4.78, 5) is 18.2. The number of aromatic nitrogens is 2. The number of hydrogen-bond acceptors (Lipinski definition) is 5. The number of rotatable bonds is 5. The summed E-state index contributed by atoms with van der Waals surface area (Å²) in [5.41, 5.74) is 1.36. The van der Waals surface area contributed by atoms with Crippen LogP contribution in [0.5, 0.6) is 11.5 Å². The molecule has 0 unspecified atom stereocenters. The number of nitrogens with zero attached hydrogens (tertiary/aromatic N) is 3. The number of ether oxygens (including phenoxy) is 2. The fourth-order valence-electron chi connectivity index (χ4n) is 3.96. The van der Waals surface area contributed by atoms with Crippen LogP contribution in [0.1, 0.15) is 49.4 Å². The Bertz CT molecular complexity index is 1150. The molecule has 0 aliphatic heterocycles. The quantitative estimate of drug-likeness (QED) is 0.487. The van der Waals surface area contributed by atoms with Crippen LogP contribution in [0.4, 0.5) is 0 Å². The van der Waals surface area contributed by atoms with E-state index < -0.39 is 0 Å². The van der Waals surface area contributed by atoms with Crippen LogP contribution < -0.4 is 15.0 Å². The minimum absolute atomic E-state index is 0.154. The van der Waals surface area contributed by atoms with Crippen LogP contribution in [-0.4, -0.2) is 30.1 Å². The van der Waals surface area contributed by atoms with Crippen molar-refractivity contribution in [3.05, 3.63) is 62.6 Å². The van der Waals surface area contributed by atoms with Gasteiger partial charge in [0.25, 0.3) is 5.56 Å². The molecule has 0 bridgehead atoms. The molecule has 0 saturated heterocycles. The molecule has 1 saturated carbocycles. The number of fused-ring (bicyclic) bond motifs is 1. The normalized spacial score (nSPS) is 15.0. The van der Waals surface area contributed by atoms with E-state index in [1.165, 1.54) is 11.1 Å². The molecule has 6 nitrogen and oxygen atoms in total. The summed E-state index contributed by atoms with van der Waals surface area (Å²) in [7, 11) is 3.19. The number of halogens is 1. The van der Waals surface area contributed by atoms with Crippen molar-refractivity contribution >= 4 is 33.0 Å². The molecule has 0 radical (unpaired) electrons. The van der Waals surface area contributed by atoms with E-state index in [1.807, 2.05) is 30.3 Å². The maximum Gasteiger partial charge on any atom is 0.282 e. The molecule has 1 fully saturated rings. The van der Waals surface area contributed by atoms with Crippen molar-refractivity contribution < 1.29 is 9.47 Å². The average molecular weight is 470 g/mol. The first-order chi connectivity index (χ1) is 14.6. The average Bonchev–Trinajstić information content (AvgIpc) is 2.79. The van der Waals surface area contributed by atoms with Gasteiger partial charge < -0.3 is 9.47 Å². The Hall–Kier alpha value is -2.67. The van der Waals surface area contributed by atoms with Gasteiger partial charge in [0, 0.05) is 10.4 Å². The van der Waals surface area contributed by atoms with Gasteiger partial charge in [-0.25, -0.2) is 4.98 Å². The van der Waals surface area contributed by atoms with E-state index in [0.717, 1.165) is 41.5 Å². The highest BCUT2D eigenvalue weighted by Crippen LogP contribution is 2.32. The van der Waals surface area contributed by atoms with E-state index in [1.54, 1.807) is 26.5 Å². The Morgan fingerprint density at radius 2 is 1.83 bits per heavy atom. The lowest BCUT2D eigenvalue weighted by Gasteiger charge is -2.22. The van der Waals surface area contributed by atoms with Crippen molar-refractivity contribution in [2.45, 2.75) is 38.0 Å². The molecular weight excluding hydrogens is 446 g/mol. The predicted octanol–water partition coefficient (Wildman–Crippen LogP) is 5.11. The molecule has 2 aromatic carbocycles. The minimum Gasteiger partial charge on any atom is -0.493 e. The molecule has 156 valence electrons. The van der Waals surface area contributed by atoms with E-state index in [4.69, 9.17) is 14.5 Å². The van der Waals surface area contributed by atoms with E-state index in [0.29, 0.717) is 22.4 Å². The van der Waals surface area contributed by atoms with Gasteiger partial charge >= 0.3 is 0 Å². The molecule has 1 aliphatic carbocycles. The molecule has 4 rings (SSSR count). The summed E-state index contributed by atoms with van der Waals surface area (Å²) in [5.74, 6) is 2.24. The van der Waals surface area contributed by atoms with Crippen LogP contribution in [0, 0.1) is 0 Å². The van der Waals surface area contributed by atoms with Gasteiger partial charge in [-0.3, -0.25) is 4.79 Å². The smallest absolute Gasteiger partial charge is 0.282 e. The Morgan fingerprint density at radius 3 is 2.57 bits per heavy atom. The second-order valence-corrected chi connectivity index (χ2v) is 8.36. The van der Waals surface area contributed by atoms with Crippen molar-refractivity contribution in [2.75, 3.05) is 14.2 Å². The third kappa shape index (κ3) is 4.12. The summed E-state index contributed by atoms with van der Waals surface area (Å²) in [6.07, 6.45) is 7.26. The standard InChI is InChI=1S/C23H24BrN3O3/c1-29-20-11-8-15(12-21(20)30-2)14-25-27-22(16-6-4-3-5-7-16)26-19-10-9-17(24)13-18(19)23(27)28/h8-14,16H,3-7H2,1-2H3. The summed E-state index contributed by atoms with van der Waals surface area (Å²) in [6.45, 7) is 0. The fourth-order valence-corrected chi connectivity index (χ4v) is 4.32. The van der Waals surface area contributed by atoms with Crippen molar-refractivity contribution in [1.82, 2.24) is 9.66 Å². The summed E-state index contributed by atoms with van der Waals surface area (Å²) >= 11 is 3.45. The Balaban J connectivity index is 1.82. The van der Waals surface area contributed by atoms with Crippen molar-refractivity contribution in [2.24, 2.45) is 5.10 Å². The van der Waals surface area contributed by atoms with Crippen LogP contribution in [0.3, 0.4) is 0 Å². The van der Waals surface area contributed by atoms with E-state index in [-0.39, 0.29) is 11.5 Å². The molecular formula is C23H24BrN3O3. The van der Waals surface area contributed by atoms with Crippen LogP contribution in [-0.2, 0) is 0 Å². The zero-order valence-corrected chi connectivity index (χ0v) is 18.7. The molecule has 1 aromatic heterocycles. The Labute approximate surface area is 183 Å². The van der Waals surface area contributed by atoms with Crippen LogP contribution in [0.2, 0.25) is 0 Å². The number of benzene rings is 2. The first-order valence-electron chi connectivity index (χ1n) is 10.1. The van der Waals surface area contributed by atoms with Gasteiger partial charge in [0.15, 0.2) is 11.5 Å². The van der Waals surface area contributed by atoms with Crippen LogP contribution in [0.25, 0.3) is 10.9 Å². The molecule has 30 heavy (non-hydrogen) atoms. The van der Waals surface area contributed by atoms with Gasteiger partial charge in [-0.15, -0.1) is 0 Å². The number of hydrogen-bond donors (Lipinski definition) is 0. The second-order valence-electron chi connectivity index (χ2n) is 7.44. The second kappa shape index (κ2) is 9.00. The van der Waals surface area contributed by atoms with Crippen molar-refractivity contribution in [3.63, 3.8) is 0 Å². The van der Waals surface area contributed by atoms with E-state index >= 15 is 0 Å². The first-order valence-corrected chi connectivity index (χ1v) is 10.9. The predicted molar refractivity (Wildman–Crippen MR) is 122 cm³/mol. The Kier molecular flexibility index (Phi) is 6.18. The summed E-state index contributed by atoms with van der Waals surface area (Å²) < 4.78 is 13.0. The summed E-state index contributed by atoms with van der Waals surface area (Å²) in [6, 6.07) is 11.1. The SMILES string of the molecule is COc1ccc(C=Nn2c(C3CCCCC3)nc3ccc(Br)cc3c2=O)cc1OC. The highest BCUT2D eigenvalue weighted by Gasteiger charge is 2.22. The monoisotopic (exact) mass is 469 g/mol. The van der Waals surface area contributed by atoms with Gasteiger partial charge in [-0.05, 0) is 54.8 Å². The number of methoxy groups -OCH3 is 2. The lowest BCUT2D eigenvalue weighted by atomic mass is 9.88. The maximum atomic E-state index is 13.3. The summed E-state index contributed by atoms with van der Waals surface area (Å²) in [5, 5.41) is 5.12. The fraction of sp³-hybridized carbons (Fsp3) is 0.348. The zero-order valence-electron chi connectivity index (χ0n) is 17.1. The van der Waals surface area contributed by atoms with Gasteiger partial charge in [-0.2, -0.15) is 9.78 Å². The highest BCUT2D eigenvalue weighted by atomic mass is 79.9. The van der Waals surface area contributed by atoms with Crippen molar-refractivity contribution in [3.8, 4) is 11.5 Å². The zero-order chi connectivity index (χ0) is 21.1. The van der Waals surface area contributed by atoms with Gasteiger partial charge in [0.05, 0.1) is 31.3 Å². The van der Waals surface area contributed by atoms with Crippen molar-refractivity contribution in [1.29, 1.82) is 0 Å². The third-order valence-electron chi connectivity index (χ3n) is 5.53. The molecule has 3 aromatic rings. The lowest BCUT2D eigenvalue weighted by Crippen LogP contribution is -2.25. The highest BCUT2D eigenvalue weighted by molar-refractivity contribution is 9.10. The van der Waals surface area contributed by atoms with E-state index in [2.05, 4.69) is 21.0 Å². The largest absolute Gasteiger partial charge is 0.493 e. The molecule has 0 N–H and O–H groups in total. The molecule has 0 atom stereocenters. The van der Waals surface area contributed by atoms with E-state index in [9.17, 15) is 4.79 Å². The molecule has 0 spiro atoms. The van der Waals surface area contributed by atoms with Crippen LogP contribution in [0.15, 0.2) is 50.8 Å². The molecule has 0 amide bonds. The first kappa shape index (κ1) is 20.6. The van der Waals surface area contributed by atoms with Gasteiger partial charge in [0.2, 0.25) is 0 Å². The van der Waals surface area contributed by atoms with Gasteiger partial charge in [0.1, 0.15) is 5.82 Å². The lowest BCUT2D eigenvalue weighted by molar-refractivity contribution is 0.355. The molecule has 7 heteroatoms. The third-order valence-corrected chi connectivity index (χ3v) is 6.03. The Morgan fingerprint density at radius 1 is 1.07 bits per heavy atom. The minimum atomic E-state index is -0.154. The van der Waals surface area contributed by atoms with Crippen LogP contribution >= 0.6 is 15.9 Å². The van der Waals surface area contributed by atoms with Gasteiger partial charge in [-0.1, -0.05) is 35.2 Å².